The minimum absolute atomic E-state index is 0.0260. The van der Waals surface area contributed by atoms with Gasteiger partial charge in [-0.3, -0.25) is 4.79 Å². The number of aromatic hydroxyl groups is 1. The highest BCUT2D eigenvalue weighted by Crippen LogP contribution is 2.30. The fourth-order valence-corrected chi connectivity index (χ4v) is 2.49. The van der Waals surface area contributed by atoms with Gasteiger partial charge in [0.1, 0.15) is 5.75 Å². The first-order valence-corrected chi connectivity index (χ1v) is 7.51. The molecule has 0 atom stereocenters. The number of carbonyl (C=O) groups is 1. The lowest BCUT2D eigenvalue weighted by Crippen LogP contribution is -2.34. The number of phenols is 1. The van der Waals surface area contributed by atoms with Crippen LogP contribution in [-0.2, 0) is 0 Å². The van der Waals surface area contributed by atoms with E-state index in [0.717, 1.165) is 35.8 Å². The maximum Gasteiger partial charge on any atom is 0.257 e. The number of amides is 1. The molecule has 1 saturated carbocycles. The predicted molar refractivity (Wildman–Crippen MR) is 79.8 cm³/mol. The zero-order valence-corrected chi connectivity index (χ0v) is 12.7. The van der Waals surface area contributed by atoms with Crippen molar-refractivity contribution in [1.29, 1.82) is 0 Å². The molecule has 0 saturated heterocycles. The van der Waals surface area contributed by atoms with Crippen LogP contribution in [0, 0.1) is 3.57 Å². The van der Waals surface area contributed by atoms with Gasteiger partial charge in [0.05, 0.1) is 5.56 Å². The molecule has 1 aromatic carbocycles. The van der Waals surface area contributed by atoms with Crippen LogP contribution in [-0.4, -0.2) is 28.5 Å². The number of hydrogen-bond acceptors (Lipinski definition) is 2. The minimum atomic E-state index is -0.0260. The summed E-state index contributed by atoms with van der Waals surface area (Å²) in [5.74, 6) is 0.0598. The molecule has 0 unspecified atom stereocenters. The van der Waals surface area contributed by atoms with Crippen LogP contribution in [0.15, 0.2) is 18.2 Å². The summed E-state index contributed by atoms with van der Waals surface area (Å²) in [5.41, 5.74) is 0.435. The fraction of sp³-hybridized carbons (Fsp3) is 0.500. The van der Waals surface area contributed by atoms with E-state index in [9.17, 15) is 9.90 Å². The van der Waals surface area contributed by atoms with Crippen molar-refractivity contribution in [2.75, 3.05) is 6.54 Å². The lowest BCUT2D eigenvalue weighted by Gasteiger charge is -2.22. The first-order valence-electron chi connectivity index (χ1n) is 6.43. The van der Waals surface area contributed by atoms with E-state index in [-0.39, 0.29) is 11.7 Å². The third-order valence-electron chi connectivity index (χ3n) is 3.19. The van der Waals surface area contributed by atoms with Crippen molar-refractivity contribution in [3.63, 3.8) is 0 Å². The molecular formula is C14H18INO2. The van der Waals surface area contributed by atoms with Crippen LogP contribution in [0.25, 0.3) is 0 Å². The highest BCUT2D eigenvalue weighted by atomic mass is 127. The van der Waals surface area contributed by atoms with Gasteiger partial charge < -0.3 is 10.0 Å². The van der Waals surface area contributed by atoms with Crippen LogP contribution >= 0.6 is 22.6 Å². The Bertz CT molecular complexity index is 443. The van der Waals surface area contributed by atoms with Crippen LogP contribution in [0.1, 0.15) is 43.0 Å². The first-order chi connectivity index (χ1) is 8.63. The van der Waals surface area contributed by atoms with E-state index in [2.05, 4.69) is 29.5 Å². The Labute approximate surface area is 121 Å². The number of carbonyl (C=O) groups excluding carboxylic acids is 1. The Balaban J connectivity index is 2.19. The van der Waals surface area contributed by atoms with Gasteiger partial charge in [0.25, 0.3) is 5.91 Å². The summed E-state index contributed by atoms with van der Waals surface area (Å²) in [6, 6.07) is 5.56. The average Bonchev–Trinajstić information content (AvgIpc) is 3.17. The summed E-state index contributed by atoms with van der Waals surface area (Å²) in [7, 11) is 0. The number of hydrogen-bond donors (Lipinski definition) is 1. The molecule has 1 aliphatic carbocycles. The monoisotopic (exact) mass is 359 g/mol. The van der Waals surface area contributed by atoms with E-state index >= 15 is 0 Å². The molecule has 2 rings (SSSR count). The highest BCUT2D eigenvalue weighted by Gasteiger charge is 2.33. The van der Waals surface area contributed by atoms with Gasteiger partial charge in [-0.2, -0.15) is 0 Å². The molecule has 0 aliphatic heterocycles. The van der Waals surface area contributed by atoms with Gasteiger partial charge in [0.15, 0.2) is 0 Å². The van der Waals surface area contributed by atoms with Gasteiger partial charge in [-0.1, -0.05) is 13.3 Å². The molecule has 1 fully saturated rings. The fourth-order valence-electron chi connectivity index (χ4n) is 2.00. The van der Waals surface area contributed by atoms with Crippen molar-refractivity contribution in [3.05, 3.63) is 27.3 Å². The van der Waals surface area contributed by atoms with E-state index in [1.165, 1.54) is 0 Å². The second kappa shape index (κ2) is 5.91. The number of phenolic OH excluding ortho intramolecular Hbond substituents is 1. The van der Waals surface area contributed by atoms with E-state index in [4.69, 9.17) is 0 Å². The lowest BCUT2D eigenvalue weighted by molar-refractivity contribution is 0.0737. The van der Waals surface area contributed by atoms with Crippen molar-refractivity contribution in [2.24, 2.45) is 0 Å². The van der Waals surface area contributed by atoms with Gasteiger partial charge in [-0.25, -0.2) is 0 Å². The third kappa shape index (κ3) is 3.16. The summed E-state index contributed by atoms with van der Waals surface area (Å²) >= 11 is 2.16. The average molecular weight is 359 g/mol. The number of benzene rings is 1. The summed E-state index contributed by atoms with van der Waals surface area (Å²) in [5, 5.41) is 9.83. The highest BCUT2D eigenvalue weighted by molar-refractivity contribution is 14.1. The summed E-state index contributed by atoms with van der Waals surface area (Å²) in [6.07, 6.45) is 4.29. The zero-order valence-electron chi connectivity index (χ0n) is 10.5. The van der Waals surface area contributed by atoms with Gasteiger partial charge >= 0.3 is 0 Å². The maximum atomic E-state index is 12.5. The minimum Gasteiger partial charge on any atom is -0.507 e. The molecule has 0 heterocycles. The number of nitrogens with zero attached hydrogens (tertiary/aromatic N) is 1. The maximum absolute atomic E-state index is 12.5. The van der Waals surface area contributed by atoms with Gasteiger partial charge in [0, 0.05) is 16.2 Å². The molecule has 3 nitrogen and oxygen atoms in total. The molecular weight excluding hydrogens is 341 g/mol. The lowest BCUT2D eigenvalue weighted by atomic mass is 10.1. The molecule has 0 spiro atoms. The van der Waals surface area contributed by atoms with Gasteiger partial charge in [-0.05, 0) is 60.1 Å². The third-order valence-corrected chi connectivity index (χ3v) is 3.86. The van der Waals surface area contributed by atoms with Gasteiger partial charge in [-0.15, -0.1) is 0 Å². The summed E-state index contributed by atoms with van der Waals surface area (Å²) in [4.78, 5) is 14.4. The van der Waals surface area contributed by atoms with Crippen molar-refractivity contribution >= 4 is 28.5 Å². The topological polar surface area (TPSA) is 40.5 Å². The van der Waals surface area contributed by atoms with Crippen LogP contribution in [0.4, 0.5) is 0 Å². The Morgan fingerprint density at radius 2 is 2.22 bits per heavy atom. The number of rotatable bonds is 5. The van der Waals surface area contributed by atoms with Crippen molar-refractivity contribution in [1.82, 2.24) is 4.90 Å². The molecule has 0 aromatic heterocycles. The molecule has 1 amide bonds. The Hall–Kier alpha value is -0.780. The summed E-state index contributed by atoms with van der Waals surface area (Å²) < 4.78 is 0.972. The Morgan fingerprint density at radius 1 is 1.50 bits per heavy atom. The smallest absolute Gasteiger partial charge is 0.257 e. The molecule has 1 N–H and O–H groups in total. The van der Waals surface area contributed by atoms with E-state index in [1.54, 1.807) is 18.2 Å². The van der Waals surface area contributed by atoms with E-state index < -0.39 is 0 Å². The predicted octanol–water partition coefficient (Wildman–Crippen LogP) is 3.40. The van der Waals surface area contributed by atoms with Crippen molar-refractivity contribution in [3.8, 4) is 5.75 Å². The number of halogens is 1. The van der Waals surface area contributed by atoms with E-state index in [1.807, 2.05) is 4.90 Å². The standard InChI is InChI=1S/C14H18INO2/c1-2-3-8-16(11-5-6-11)14(18)12-9-10(15)4-7-13(12)17/h4,7,9,11,17H,2-3,5-6,8H2,1H3. The molecule has 18 heavy (non-hydrogen) atoms. The van der Waals surface area contributed by atoms with Crippen LogP contribution in [0.5, 0.6) is 5.75 Å². The molecule has 4 heteroatoms. The SMILES string of the molecule is CCCCN(C(=O)c1cc(I)ccc1O)C1CC1. The quantitative estimate of drug-likeness (QED) is 0.819. The first kappa shape index (κ1) is 13.6. The molecule has 0 radical (unpaired) electrons. The Kier molecular flexibility index (Phi) is 4.48. The van der Waals surface area contributed by atoms with Crippen LogP contribution in [0.2, 0.25) is 0 Å². The normalized spacial score (nSPS) is 14.6. The van der Waals surface area contributed by atoms with Crippen LogP contribution in [0.3, 0.4) is 0 Å². The second-order valence-electron chi connectivity index (χ2n) is 4.74. The van der Waals surface area contributed by atoms with Crippen molar-refractivity contribution < 1.29 is 9.90 Å². The zero-order chi connectivity index (χ0) is 13.1. The molecule has 0 bridgehead atoms. The summed E-state index contributed by atoms with van der Waals surface area (Å²) in [6.45, 7) is 2.92. The van der Waals surface area contributed by atoms with Gasteiger partial charge in [0.2, 0.25) is 0 Å². The molecule has 1 aliphatic rings. The Morgan fingerprint density at radius 3 is 2.83 bits per heavy atom. The number of unbranched alkanes of at least 4 members (excludes halogenated alkanes) is 1. The van der Waals surface area contributed by atoms with Crippen LogP contribution < -0.4 is 0 Å². The van der Waals surface area contributed by atoms with E-state index in [0.29, 0.717) is 11.6 Å². The largest absolute Gasteiger partial charge is 0.507 e. The van der Waals surface area contributed by atoms with Crippen molar-refractivity contribution in [2.45, 2.75) is 38.6 Å². The molecule has 98 valence electrons. The molecule has 1 aromatic rings. The second-order valence-corrected chi connectivity index (χ2v) is 5.99.